The lowest BCUT2D eigenvalue weighted by atomic mass is 10.1. The molecule has 0 aliphatic carbocycles. The molecule has 0 amide bonds. The Kier molecular flexibility index (Phi) is 3.83. The highest BCUT2D eigenvalue weighted by Crippen LogP contribution is 2.12. The predicted molar refractivity (Wildman–Crippen MR) is 74.6 cm³/mol. The zero-order chi connectivity index (χ0) is 14.5. The number of aromatic nitrogens is 1. The van der Waals surface area contributed by atoms with Crippen molar-refractivity contribution >= 4 is 22.9 Å². The van der Waals surface area contributed by atoms with Gasteiger partial charge >= 0.3 is 5.97 Å². The summed E-state index contributed by atoms with van der Waals surface area (Å²) in [4.78, 5) is 28.2. The van der Waals surface area contributed by atoms with Crippen molar-refractivity contribution in [2.75, 3.05) is 6.54 Å². The summed E-state index contributed by atoms with van der Waals surface area (Å²) in [5.74, 6) is -1.26. The van der Waals surface area contributed by atoms with Crippen LogP contribution in [-0.2, 0) is 0 Å². The minimum absolute atomic E-state index is 0.239. The number of carboxylic acid groups (broad SMARTS) is 1. The number of pyridine rings is 1. The Bertz CT molecular complexity index is 801. The molecule has 0 fully saturated rings. The number of fused-ring (bicyclic) bond motifs is 1. The van der Waals surface area contributed by atoms with Crippen molar-refractivity contribution < 1.29 is 9.90 Å². The van der Waals surface area contributed by atoms with E-state index < -0.39 is 11.4 Å². The molecule has 20 heavy (non-hydrogen) atoms. The molecule has 7 heteroatoms. The lowest BCUT2D eigenvalue weighted by Crippen LogP contribution is -2.15. The van der Waals surface area contributed by atoms with E-state index in [0.717, 1.165) is 5.56 Å². The normalized spacial score (nSPS) is 10.6. The molecule has 0 atom stereocenters. The maximum atomic E-state index is 11.9. The smallest absolute Gasteiger partial charge is 0.341 e. The zero-order valence-electron chi connectivity index (χ0n) is 10.3. The fraction of sp³-hybridized carbons (Fsp3) is 0.0769. The molecule has 7 nitrogen and oxygen atoms in total. The van der Waals surface area contributed by atoms with Crippen LogP contribution in [0.3, 0.4) is 0 Å². The summed E-state index contributed by atoms with van der Waals surface area (Å²) < 4.78 is 0. The van der Waals surface area contributed by atoms with Crippen molar-refractivity contribution in [3.63, 3.8) is 0 Å². The standard InChI is InChI=1S/C13H10N4O3/c14-17-16-5-1-2-8-3-4-9-11(6-8)15-7-10(12(9)18)13(19)20/h1-4,6-7H,5H2,(H,15,18)(H,19,20). The summed E-state index contributed by atoms with van der Waals surface area (Å²) in [7, 11) is 0. The number of rotatable bonds is 4. The molecule has 2 N–H and O–H groups in total. The number of nitrogens with one attached hydrogen (secondary N) is 1. The van der Waals surface area contributed by atoms with Crippen LogP contribution in [0, 0.1) is 0 Å². The lowest BCUT2D eigenvalue weighted by molar-refractivity contribution is 0.0695. The second-order valence-corrected chi connectivity index (χ2v) is 3.96. The van der Waals surface area contributed by atoms with E-state index in [1.54, 1.807) is 30.4 Å². The Morgan fingerprint density at radius 2 is 2.30 bits per heavy atom. The fourth-order valence-electron chi connectivity index (χ4n) is 1.77. The molecule has 100 valence electrons. The number of H-pyrrole nitrogens is 1. The molecule has 2 rings (SSSR count). The van der Waals surface area contributed by atoms with Crippen LogP contribution in [0.2, 0.25) is 0 Å². The summed E-state index contributed by atoms with van der Waals surface area (Å²) in [6.45, 7) is 0.239. The Balaban J connectivity index is 2.44. The third kappa shape index (κ3) is 2.68. The van der Waals surface area contributed by atoms with Crippen LogP contribution in [0.4, 0.5) is 0 Å². The number of carboxylic acids is 1. The first-order valence-corrected chi connectivity index (χ1v) is 5.69. The number of carbonyl (C=O) groups is 1. The van der Waals surface area contributed by atoms with Crippen LogP contribution in [0.25, 0.3) is 27.4 Å². The fourth-order valence-corrected chi connectivity index (χ4v) is 1.77. The summed E-state index contributed by atoms with van der Waals surface area (Å²) >= 11 is 0. The van der Waals surface area contributed by atoms with Gasteiger partial charge in [-0.3, -0.25) is 4.79 Å². The van der Waals surface area contributed by atoms with E-state index in [1.165, 1.54) is 6.20 Å². The molecule has 0 spiro atoms. The van der Waals surface area contributed by atoms with Gasteiger partial charge < -0.3 is 10.1 Å². The molecule has 0 bridgehead atoms. The molecule has 0 saturated heterocycles. The largest absolute Gasteiger partial charge is 0.477 e. The van der Waals surface area contributed by atoms with Crippen molar-refractivity contribution in [2.24, 2.45) is 5.11 Å². The van der Waals surface area contributed by atoms with Gasteiger partial charge in [-0.25, -0.2) is 4.79 Å². The van der Waals surface area contributed by atoms with E-state index in [0.29, 0.717) is 10.9 Å². The second kappa shape index (κ2) is 5.73. The van der Waals surface area contributed by atoms with Gasteiger partial charge in [0.15, 0.2) is 0 Å². The Morgan fingerprint density at radius 3 is 3.00 bits per heavy atom. The van der Waals surface area contributed by atoms with Gasteiger partial charge in [0.1, 0.15) is 5.56 Å². The second-order valence-electron chi connectivity index (χ2n) is 3.96. The van der Waals surface area contributed by atoms with Crippen LogP contribution in [0.15, 0.2) is 40.4 Å². The van der Waals surface area contributed by atoms with Crippen LogP contribution < -0.4 is 5.43 Å². The molecular weight excluding hydrogens is 260 g/mol. The van der Waals surface area contributed by atoms with Crippen LogP contribution in [-0.4, -0.2) is 22.6 Å². The highest BCUT2D eigenvalue weighted by molar-refractivity contribution is 5.92. The number of nitrogens with zero attached hydrogens (tertiary/aromatic N) is 3. The minimum Gasteiger partial charge on any atom is -0.477 e. The van der Waals surface area contributed by atoms with Crippen molar-refractivity contribution in [3.8, 4) is 0 Å². The number of aromatic amines is 1. The lowest BCUT2D eigenvalue weighted by Gasteiger charge is -2.01. The molecule has 0 radical (unpaired) electrons. The average Bonchev–Trinajstić information content (AvgIpc) is 2.43. The Labute approximate surface area is 112 Å². The maximum absolute atomic E-state index is 11.9. The molecule has 1 heterocycles. The van der Waals surface area contributed by atoms with Crippen LogP contribution in [0.5, 0.6) is 0 Å². The van der Waals surface area contributed by atoms with E-state index in [2.05, 4.69) is 15.0 Å². The van der Waals surface area contributed by atoms with Gasteiger partial charge in [0.25, 0.3) is 0 Å². The molecule has 0 aliphatic rings. The van der Waals surface area contributed by atoms with Gasteiger partial charge in [-0.2, -0.15) is 0 Å². The minimum atomic E-state index is -1.26. The molecular formula is C13H10N4O3. The van der Waals surface area contributed by atoms with Gasteiger partial charge in [0.2, 0.25) is 5.43 Å². The molecule has 0 unspecified atom stereocenters. The Morgan fingerprint density at radius 1 is 1.50 bits per heavy atom. The molecule has 0 saturated carbocycles. The van der Waals surface area contributed by atoms with Gasteiger partial charge in [0.05, 0.1) is 0 Å². The average molecular weight is 270 g/mol. The molecule has 1 aromatic heterocycles. The quantitative estimate of drug-likeness (QED) is 0.504. The summed E-state index contributed by atoms with van der Waals surface area (Å²) in [6.07, 6.45) is 4.61. The molecule has 1 aromatic carbocycles. The van der Waals surface area contributed by atoms with Crippen molar-refractivity contribution in [2.45, 2.75) is 0 Å². The first-order valence-electron chi connectivity index (χ1n) is 5.69. The van der Waals surface area contributed by atoms with Crippen LogP contribution in [0.1, 0.15) is 15.9 Å². The highest BCUT2D eigenvalue weighted by Gasteiger charge is 2.10. The molecule has 2 aromatic rings. The van der Waals surface area contributed by atoms with Gasteiger partial charge in [-0.15, -0.1) is 0 Å². The highest BCUT2D eigenvalue weighted by atomic mass is 16.4. The van der Waals surface area contributed by atoms with E-state index in [9.17, 15) is 9.59 Å². The SMILES string of the molecule is [N-]=[N+]=NCC=Cc1ccc2c(=O)c(C(=O)O)c[nH]c2c1. The van der Waals surface area contributed by atoms with E-state index in [4.69, 9.17) is 10.6 Å². The third-order valence-corrected chi connectivity index (χ3v) is 2.70. The number of azide groups is 1. The van der Waals surface area contributed by atoms with Gasteiger partial charge in [0, 0.05) is 28.6 Å². The van der Waals surface area contributed by atoms with Crippen molar-refractivity contribution in [1.82, 2.24) is 4.98 Å². The topological polar surface area (TPSA) is 119 Å². The van der Waals surface area contributed by atoms with E-state index in [1.807, 2.05) is 0 Å². The number of hydrogen-bond donors (Lipinski definition) is 2. The zero-order valence-corrected chi connectivity index (χ0v) is 10.3. The maximum Gasteiger partial charge on any atom is 0.341 e. The number of aromatic carboxylic acids is 1. The van der Waals surface area contributed by atoms with E-state index in [-0.39, 0.29) is 12.1 Å². The summed E-state index contributed by atoms with van der Waals surface area (Å²) in [6, 6.07) is 4.97. The Hall–Kier alpha value is -3.05. The summed E-state index contributed by atoms with van der Waals surface area (Å²) in [5, 5.41) is 12.6. The first kappa shape index (κ1) is 13.4. The van der Waals surface area contributed by atoms with Crippen molar-refractivity contribution in [1.29, 1.82) is 0 Å². The van der Waals surface area contributed by atoms with Gasteiger partial charge in [-0.05, 0) is 23.2 Å². The first-order chi connectivity index (χ1) is 9.63. The van der Waals surface area contributed by atoms with Gasteiger partial charge in [-0.1, -0.05) is 23.3 Å². The predicted octanol–water partition coefficient (Wildman–Crippen LogP) is 2.55. The third-order valence-electron chi connectivity index (χ3n) is 2.70. The summed E-state index contributed by atoms with van der Waals surface area (Å²) in [5.41, 5.74) is 8.69. The number of hydrogen-bond acceptors (Lipinski definition) is 3. The van der Waals surface area contributed by atoms with E-state index >= 15 is 0 Å². The van der Waals surface area contributed by atoms with Crippen molar-refractivity contribution in [3.05, 3.63) is 62.3 Å². The monoisotopic (exact) mass is 270 g/mol. The number of benzene rings is 1. The van der Waals surface area contributed by atoms with Crippen LogP contribution >= 0.6 is 0 Å². The molecule has 0 aliphatic heterocycles.